The van der Waals surface area contributed by atoms with Crippen molar-refractivity contribution in [1.29, 1.82) is 10.8 Å². The Bertz CT molecular complexity index is 643. The first-order valence-corrected chi connectivity index (χ1v) is 7.91. The van der Waals surface area contributed by atoms with Gasteiger partial charge in [-0.1, -0.05) is 0 Å². The summed E-state index contributed by atoms with van der Waals surface area (Å²) < 4.78 is 11.2. The van der Waals surface area contributed by atoms with Gasteiger partial charge in [0, 0.05) is 24.2 Å². The van der Waals surface area contributed by atoms with E-state index in [-0.39, 0.29) is 24.1 Å². The van der Waals surface area contributed by atoms with Crippen LogP contribution in [0.15, 0.2) is 48.5 Å². The number of rotatable bonds is 10. The Labute approximate surface area is 159 Å². The summed E-state index contributed by atoms with van der Waals surface area (Å²) in [5, 5.41) is 17.9. The van der Waals surface area contributed by atoms with Crippen molar-refractivity contribution < 1.29 is 9.47 Å². The molecule has 0 heterocycles. The minimum Gasteiger partial charge on any atom is -0.492 e. The van der Waals surface area contributed by atoms with E-state index in [1.54, 1.807) is 48.5 Å². The van der Waals surface area contributed by atoms with Crippen molar-refractivity contribution in [2.75, 3.05) is 26.3 Å². The van der Waals surface area contributed by atoms with Crippen molar-refractivity contribution >= 4 is 24.1 Å². The molecule has 2 aromatic rings. The lowest BCUT2D eigenvalue weighted by atomic mass is 10.2. The maximum Gasteiger partial charge on any atom is 0.122 e. The Kier molecular flexibility index (Phi) is 8.97. The van der Waals surface area contributed by atoms with Crippen molar-refractivity contribution in [1.82, 2.24) is 5.32 Å². The molecule has 0 aromatic heterocycles. The summed E-state index contributed by atoms with van der Waals surface area (Å²) in [6, 6.07) is 14.2. The number of ether oxygens (including phenoxy) is 2. The Morgan fingerprint density at radius 1 is 0.731 bits per heavy atom. The highest BCUT2D eigenvalue weighted by Crippen LogP contribution is 2.12. The topological polar surface area (TPSA) is 130 Å². The van der Waals surface area contributed by atoms with E-state index >= 15 is 0 Å². The first kappa shape index (κ1) is 21.3. The molecule has 0 spiro atoms. The molecule has 0 saturated heterocycles. The fraction of sp³-hybridized carbons (Fsp3) is 0.222. The number of amidine groups is 2. The predicted octanol–water partition coefficient (Wildman–Crippen LogP) is 1.72. The molecule has 0 aliphatic rings. The lowest BCUT2D eigenvalue weighted by molar-refractivity contribution is 0.289. The van der Waals surface area contributed by atoms with Crippen LogP contribution in [0.4, 0.5) is 0 Å². The van der Waals surface area contributed by atoms with E-state index < -0.39 is 0 Å². The van der Waals surface area contributed by atoms with Gasteiger partial charge in [0.2, 0.25) is 0 Å². The second-order valence-corrected chi connectivity index (χ2v) is 5.32. The highest BCUT2D eigenvalue weighted by molar-refractivity contribution is 5.95. The number of nitrogens with two attached hydrogens (primary N) is 2. The molecule has 0 amide bonds. The van der Waals surface area contributed by atoms with Gasteiger partial charge in [0.05, 0.1) is 0 Å². The number of benzene rings is 2. The van der Waals surface area contributed by atoms with Crippen molar-refractivity contribution in [3.05, 3.63) is 59.7 Å². The van der Waals surface area contributed by atoms with Gasteiger partial charge in [0.15, 0.2) is 0 Å². The summed E-state index contributed by atoms with van der Waals surface area (Å²) in [5.74, 6) is 1.58. The van der Waals surface area contributed by atoms with Crippen LogP contribution in [0.1, 0.15) is 11.1 Å². The molecule has 2 rings (SSSR count). The Morgan fingerprint density at radius 2 is 1.08 bits per heavy atom. The van der Waals surface area contributed by atoms with Crippen molar-refractivity contribution in [3.8, 4) is 11.5 Å². The third kappa shape index (κ3) is 7.00. The van der Waals surface area contributed by atoms with Crippen LogP contribution in [0.3, 0.4) is 0 Å². The highest BCUT2D eigenvalue weighted by Gasteiger charge is 1.99. The number of nitrogen functional groups attached to an aromatic ring is 2. The Morgan fingerprint density at radius 3 is 1.38 bits per heavy atom. The quantitative estimate of drug-likeness (QED) is 0.244. The van der Waals surface area contributed by atoms with Gasteiger partial charge in [-0.3, -0.25) is 10.8 Å². The van der Waals surface area contributed by atoms with Crippen molar-refractivity contribution in [2.45, 2.75) is 0 Å². The maximum absolute atomic E-state index is 7.33. The summed E-state index contributed by atoms with van der Waals surface area (Å²) in [6.45, 7) is 2.46. The first-order chi connectivity index (χ1) is 12.1. The minimum absolute atomic E-state index is 0. The molecule has 0 bridgehead atoms. The fourth-order valence-corrected chi connectivity index (χ4v) is 2.07. The second-order valence-electron chi connectivity index (χ2n) is 5.32. The smallest absolute Gasteiger partial charge is 0.122 e. The van der Waals surface area contributed by atoms with Crippen LogP contribution in [0.2, 0.25) is 0 Å². The minimum atomic E-state index is 0. The lowest BCUT2D eigenvalue weighted by Crippen LogP contribution is -2.25. The van der Waals surface area contributed by atoms with E-state index in [0.29, 0.717) is 37.4 Å². The molecule has 0 aliphatic carbocycles. The van der Waals surface area contributed by atoms with Crippen LogP contribution in [-0.4, -0.2) is 38.0 Å². The summed E-state index contributed by atoms with van der Waals surface area (Å²) >= 11 is 0. The zero-order valence-electron chi connectivity index (χ0n) is 14.3. The van der Waals surface area contributed by atoms with Crippen LogP contribution in [-0.2, 0) is 0 Å². The molecule has 8 heteroatoms. The molecule has 0 radical (unpaired) electrons. The third-order valence-corrected chi connectivity index (χ3v) is 3.43. The molecule has 0 aliphatic heterocycles. The van der Waals surface area contributed by atoms with E-state index in [9.17, 15) is 0 Å². The molecule has 26 heavy (non-hydrogen) atoms. The SMILES string of the molecule is Cl.N=C(N)c1ccc(OCCNCCOc2ccc(C(=N)N)cc2)cc1. The zero-order valence-corrected chi connectivity index (χ0v) is 15.1. The predicted molar refractivity (Wildman–Crippen MR) is 106 cm³/mol. The standard InChI is InChI=1S/C18H23N5O2.ClH/c19-17(20)13-1-5-15(6-2-13)24-11-9-23-10-12-25-16-7-3-14(4-8-16)18(21)22;/h1-8,23H,9-12H2,(H3,19,20)(H3,21,22);1H. The van der Waals surface area contributed by atoms with Gasteiger partial charge in [-0.15, -0.1) is 12.4 Å². The highest BCUT2D eigenvalue weighted by atomic mass is 35.5. The van der Waals surface area contributed by atoms with Crippen molar-refractivity contribution in [3.63, 3.8) is 0 Å². The van der Waals surface area contributed by atoms with Gasteiger partial charge in [0.1, 0.15) is 36.4 Å². The van der Waals surface area contributed by atoms with Crippen LogP contribution in [0.25, 0.3) is 0 Å². The van der Waals surface area contributed by atoms with E-state index in [0.717, 1.165) is 11.5 Å². The molecular weight excluding hydrogens is 354 g/mol. The summed E-state index contributed by atoms with van der Waals surface area (Å²) in [4.78, 5) is 0. The second kappa shape index (κ2) is 11.0. The molecule has 0 fully saturated rings. The van der Waals surface area contributed by atoms with Gasteiger partial charge in [0.25, 0.3) is 0 Å². The van der Waals surface area contributed by atoms with Gasteiger partial charge in [-0.05, 0) is 48.5 Å². The Hall–Kier alpha value is -2.77. The molecule has 0 atom stereocenters. The average molecular weight is 378 g/mol. The molecule has 7 N–H and O–H groups in total. The third-order valence-electron chi connectivity index (χ3n) is 3.43. The summed E-state index contributed by atoms with van der Waals surface area (Å²) in [5.41, 5.74) is 12.2. The average Bonchev–Trinajstić information content (AvgIpc) is 2.61. The zero-order chi connectivity index (χ0) is 18.1. The molecule has 7 nitrogen and oxygen atoms in total. The molecule has 140 valence electrons. The van der Waals surface area contributed by atoms with Crippen molar-refractivity contribution in [2.24, 2.45) is 11.5 Å². The monoisotopic (exact) mass is 377 g/mol. The van der Waals surface area contributed by atoms with Crippen LogP contribution < -0.4 is 26.3 Å². The first-order valence-electron chi connectivity index (χ1n) is 7.91. The lowest BCUT2D eigenvalue weighted by Gasteiger charge is -2.09. The maximum atomic E-state index is 7.33. The number of hydrogen-bond donors (Lipinski definition) is 5. The number of halogens is 1. The van der Waals surface area contributed by atoms with Crippen LogP contribution in [0, 0.1) is 10.8 Å². The van der Waals surface area contributed by atoms with Gasteiger partial charge >= 0.3 is 0 Å². The van der Waals surface area contributed by atoms with Crippen LogP contribution in [0.5, 0.6) is 11.5 Å². The van der Waals surface area contributed by atoms with E-state index in [1.807, 2.05) is 0 Å². The van der Waals surface area contributed by atoms with E-state index in [1.165, 1.54) is 0 Å². The fourth-order valence-electron chi connectivity index (χ4n) is 2.07. The van der Waals surface area contributed by atoms with Gasteiger partial charge in [-0.2, -0.15) is 0 Å². The summed E-state index contributed by atoms with van der Waals surface area (Å²) in [7, 11) is 0. The van der Waals surface area contributed by atoms with E-state index in [2.05, 4.69) is 5.32 Å². The largest absolute Gasteiger partial charge is 0.492 e. The number of nitrogens with one attached hydrogen (secondary N) is 3. The number of hydrogen-bond acceptors (Lipinski definition) is 5. The van der Waals surface area contributed by atoms with Gasteiger partial charge < -0.3 is 26.3 Å². The molecule has 0 saturated carbocycles. The van der Waals surface area contributed by atoms with E-state index in [4.69, 9.17) is 31.8 Å². The Balaban J connectivity index is 0.00000338. The molecular formula is C18H24ClN5O2. The van der Waals surface area contributed by atoms with Gasteiger partial charge in [-0.25, -0.2) is 0 Å². The summed E-state index contributed by atoms with van der Waals surface area (Å²) in [6.07, 6.45) is 0. The molecule has 0 unspecified atom stereocenters. The normalized spacial score (nSPS) is 9.85. The van der Waals surface area contributed by atoms with Crippen LogP contribution >= 0.6 is 12.4 Å². The molecule has 2 aromatic carbocycles.